The summed E-state index contributed by atoms with van der Waals surface area (Å²) in [6.07, 6.45) is 7.51. The molecule has 33 heavy (non-hydrogen) atoms. The highest BCUT2D eigenvalue weighted by atomic mass is 16.2. The molecule has 1 aliphatic heterocycles. The van der Waals surface area contributed by atoms with Gasteiger partial charge in [0.25, 0.3) is 5.91 Å². The lowest BCUT2D eigenvalue weighted by atomic mass is 9.93. The quantitative estimate of drug-likeness (QED) is 0.493. The van der Waals surface area contributed by atoms with Gasteiger partial charge < -0.3 is 14.6 Å². The normalized spacial score (nSPS) is 16.2. The highest BCUT2D eigenvalue weighted by molar-refractivity contribution is 5.93. The first-order valence-electron chi connectivity index (χ1n) is 11.4. The first-order valence-corrected chi connectivity index (χ1v) is 11.4. The Morgan fingerprint density at radius 2 is 2.00 bits per heavy atom. The van der Waals surface area contributed by atoms with Crippen molar-refractivity contribution in [3.05, 3.63) is 83.2 Å². The summed E-state index contributed by atoms with van der Waals surface area (Å²) in [6, 6.07) is 12.1. The van der Waals surface area contributed by atoms with E-state index < -0.39 is 0 Å². The van der Waals surface area contributed by atoms with Crippen molar-refractivity contribution in [1.82, 2.24) is 24.3 Å². The number of likely N-dealkylation sites (tertiary alicyclic amines) is 1. The Hall–Kier alpha value is -3.74. The van der Waals surface area contributed by atoms with Crippen molar-refractivity contribution in [3.8, 4) is 0 Å². The van der Waals surface area contributed by atoms with Gasteiger partial charge in [-0.05, 0) is 75.1 Å². The third-order valence-electron chi connectivity index (χ3n) is 6.21. The molecule has 0 spiro atoms. The Labute approximate surface area is 193 Å². The molecule has 1 atom stereocenters. The molecule has 4 aromatic rings. The fourth-order valence-electron chi connectivity index (χ4n) is 4.48. The first-order chi connectivity index (χ1) is 16.0. The maximum Gasteiger partial charge on any atom is 0.274 e. The Balaban J connectivity index is 1.36. The zero-order chi connectivity index (χ0) is 22.9. The van der Waals surface area contributed by atoms with E-state index in [9.17, 15) is 4.79 Å². The molecule has 1 saturated heterocycles. The number of amides is 1. The number of aromatic nitrogens is 4. The average Bonchev–Trinajstić information content (AvgIpc) is 3.23. The Bertz CT molecular complexity index is 1330. The number of carbonyl (C=O) groups is 1. The number of pyridine rings is 3. The van der Waals surface area contributed by atoms with Crippen molar-refractivity contribution in [2.45, 2.75) is 39.5 Å². The van der Waals surface area contributed by atoms with Crippen LogP contribution in [0.5, 0.6) is 0 Å². The van der Waals surface area contributed by atoms with Gasteiger partial charge in [-0.25, -0.2) is 9.97 Å². The second-order valence-corrected chi connectivity index (χ2v) is 8.90. The predicted molar refractivity (Wildman–Crippen MR) is 129 cm³/mol. The third-order valence-corrected chi connectivity index (χ3v) is 6.21. The maximum absolute atomic E-state index is 13.3. The molecule has 1 amide bonds. The largest absolute Gasteiger partial charge is 0.340 e. The van der Waals surface area contributed by atoms with E-state index in [2.05, 4.69) is 21.4 Å². The van der Waals surface area contributed by atoms with Crippen LogP contribution in [0, 0.1) is 20.8 Å². The van der Waals surface area contributed by atoms with E-state index in [4.69, 9.17) is 4.98 Å². The molecule has 7 nitrogen and oxygen atoms in total. The molecular formula is C26H28N6O. The van der Waals surface area contributed by atoms with Gasteiger partial charge in [0.15, 0.2) is 0 Å². The van der Waals surface area contributed by atoms with Crippen molar-refractivity contribution in [1.29, 1.82) is 0 Å². The number of hydrogen-bond acceptors (Lipinski definition) is 5. The number of carbonyl (C=O) groups excluding carboxylic acids is 1. The number of nitrogens with zero attached hydrogens (tertiary/aromatic N) is 5. The molecule has 0 radical (unpaired) electrons. The lowest BCUT2D eigenvalue weighted by Gasteiger charge is -2.32. The smallest absolute Gasteiger partial charge is 0.274 e. The molecule has 0 unspecified atom stereocenters. The number of nitrogens with one attached hydrogen (secondary N) is 1. The number of fused-ring (bicyclic) bond motifs is 1. The highest BCUT2D eigenvalue weighted by Gasteiger charge is 2.28. The van der Waals surface area contributed by atoms with E-state index in [1.54, 1.807) is 6.20 Å². The molecule has 0 aromatic carbocycles. The number of anilines is 2. The summed E-state index contributed by atoms with van der Waals surface area (Å²) in [5.41, 5.74) is 6.43. The summed E-state index contributed by atoms with van der Waals surface area (Å²) < 4.78 is 1.90. The fraction of sp³-hybridized carbons (Fsp3) is 0.308. The van der Waals surface area contributed by atoms with Gasteiger partial charge in [0.05, 0.1) is 0 Å². The maximum atomic E-state index is 13.3. The molecule has 7 heteroatoms. The standard InChI is InChI=1S/C26H28N6O/c1-17-8-11-31-16-23(30-24(31)12-17)26(33)32-10-5-7-20(15-32)22-14-21(13-19(3)28-22)29-25-18(2)6-4-9-27-25/h4,6,8-9,11-14,16,20H,5,7,10,15H2,1-3H3,(H,27,28,29)/t20-/m1/s1. The minimum absolute atomic E-state index is 0.0174. The lowest BCUT2D eigenvalue weighted by molar-refractivity contribution is 0.0700. The van der Waals surface area contributed by atoms with Crippen LogP contribution in [-0.4, -0.2) is 43.2 Å². The molecule has 1 fully saturated rings. The van der Waals surface area contributed by atoms with Gasteiger partial charge in [0, 0.05) is 54.7 Å². The minimum Gasteiger partial charge on any atom is -0.340 e. The second kappa shape index (κ2) is 8.65. The zero-order valence-corrected chi connectivity index (χ0v) is 19.2. The van der Waals surface area contributed by atoms with Crippen LogP contribution in [0.15, 0.2) is 55.0 Å². The van der Waals surface area contributed by atoms with Gasteiger partial charge in [0.1, 0.15) is 17.2 Å². The Morgan fingerprint density at radius 1 is 1.12 bits per heavy atom. The van der Waals surface area contributed by atoms with Crippen LogP contribution >= 0.6 is 0 Å². The van der Waals surface area contributed by atoms with Gasteiger partial charge in [0.2, 0.25) is 0 Å². The lowest BCUT2D eigenvalue weighted by Crippen LogP contribution is -2.39. The van der Waals surface area contributed by atoms with E-state index in [1.165, 1.54) is 0 Å². The molecule has 0 saturated carbocycles. The molecule has 1 aliphatic rings. The molecule has 4 aromatic heterocycles. The summed E-state index contributed by atoms with van der Waals surface area (Å²) in [5.74, 6) is 1.01. The number of aryl methyl sites for hydroxylation is 3. The Morgan fingerprint density at radius 3 is 2.85 bits per heavy atom. The van der Waals surface area contributed by atoms with Crippen LogP contribution in [0.2, 0.25) is 0 Å². The van der Waals surface area contributed by atoms with E-state index in [1.807, 2.05) is 72.8 Å². The molecule has 0 aliphatic carbocycles. The van der Waals surface area contributed by atoms with E-state index in [0.29, 0.717) is 12.2 Å². The molecule has 168 valence electrons. The topological polar surface area (TPSA) is 75.4 Å². The first kappa shape index (κ1) is 21.1. The zero-order valence-electron chi connectivity index (χ0n) is 19.2. The summed E-state index contributed by atoms with van der Waals surface area (Å²) >= 11 is 0. The number of hydrogen-bond donors (Lipinski definition) is 1. The Kier molecular flexibility index (Phi) is 5.54. The predicted octanol–water partition coefficient (Wildman–Crippen LogP) is 4.81. The van der Waals surface area contributed by atoms with E-state index in [0.717, 1.165) is 59.1 Å². The van der Waals surface area contributed by atoms with Crippen molar-refractivity contribution < 1.29 is 4.79 Å². The van der Waals surface area contributed by atoms with Crippen LogP contribution in [0.1, 0.15) is 51.8 Å². The van der Waals surface area contributed by atoms with Crippen LogP contribution in [0.3, 0.4) is 0 Å². The molecule has 5 rings (SSSR count). The van der Waals surface area contributed by atoms with Crippen LogP contribution in [0.4, 0.5) is 11.5 Å². The SMILES string of the molecule is Cc1ccn2cc(C(=O)N3CCC[C@@H](c4cc(Nc5ncccc5C)cc(C)n4)C3)nc2c1. The average molecular weight is 441 g/mol. The number of imidazole rings is 1. The van der Waals surface area contributed by atoms with Crippen LogP contribution < -0.4 is 5.32 Å². The van der Waals surface area contributed by atoms with Gasteiger partial charge in [-0.1, -0.05) is 6.07 Å². The second-order valence-electron chi connectivity index (χ2n) is 8.90. The van der Waals surface area contributed by atoms with Gasteiger partial charge >= 0.3 is 0 Å². The van der Waals surface area contributed by atoms with Gasteiger partial charge in [-0.3, -0.25) is 9.78 Å². The monoisotopic (exact) mass is 440 g/mol. The highest BCUT2D eigenvalue weighted by Crippen LogP contribution is 2.29. The molecular weight excluding hydrogens is 412 g/mol. The summed E-state index contributed by atoms with van der Waals surface area (Å²) in [5, 5.41) is 3.43. The summed E-state index contributed by atoms with van der Waals surface area (Å²) in [6.45, 7) is 7.45. The van der Waals surface area contributed by atoms with Crippen molar-refractivity contribution in [2.75, 3.05) is 18.4 Å². The van der Waals surface area contributed by atoms with E-state index in [-0.39, 0.29) is 11.8 Å². The number of rotatable bonds is 4. The fourth-order valence-corrected chi connectivity index (χ4v) is 4.48. The summed E-state index contributed by atoms with van der Waals surface area (Å²) in [4.78, 5) is 29.0. The molecule has 5 heterocycles. The minimum atomic E-state index is -0.0174. The van der Waals surface area contributed by atoms with Gasteiger partial charge in [-0.15, -0.1) is 0 Å². The van der Waals surface area contributed by atoms with E-state index >= 15 is 0 Å². The van der Waals surface area contributed by atoms with Crippen LogP contribution in [-0.2, 0) is 0 Å². The molecule has 1 N–H and O–H groups in total. The van der Waals surface area contributed by atoms with Crippen molar-refractivity contribution in [3.63, 3.8) is 0 Å². The third kappa shape index (κ3) is 4.44. The van der Waals surface area contributed by atoms with Crippen molar-refractivity contribution in [2.24, 2.45) is 0 Å². The summed E-state index contributed by atoms with van der Waals surface area (Å²) in [7, 11) is 0. The van der Waals surface area contributed by atoms with Gasteiger partial charge in [-0.2, -0.15) is 0 Å². The van der Waals surface area contributed by atoms with Crippen molar-refractivity contribution >= 4 is 23.1 Å². The molecule has 0 bridgehead atoms. The van der Waals surface area contributed by atoms with Crippen LogP contribution in [0.25, 0.3) is 5.65 Å². The number of piperidine rings is 1.